The average molecular weight is 322 g/mol. The van der Waals surface area contributed by atoms with Crippen molar-refractivity contribution in [3.63, 3.8) is 0 Å². The monoisotopic (exact) mass is 321 g/mol. The Hall–Kier alpha value is -2.92. The molecule has 2 N–H and O–H groups in total. The Kier molecular flexibility index (Phi) is 3.20. The van der Waals surface area contributed by atoms with Gasteiger partial charge in [-0.15, -0.1) is 0 Å². The first-order chi connectivity index (χ1) is 11.2. The number of nitrogens with two attached hydrogens (primary N) is 1. The van der Waals surface area contributed by atoms with Gasteiger partial charge in [-0.1, -0.05) is 29.8 Å². The van der Waals surface area contributed by atoms with Crippen LogP contribution < -0.4 is 5.73 Å². The summed E-state index contributed by atoms with van der Waals surface area (Å²) < 4.78 is 1.75. The van der Waals surface area contributed by atoms with Crippen LogP contribution >= 0.6 is 11.6 Å². The van der Waals surface area contributed by atoms with E-state index in [-0.39, 0.29) is 0 Å². The molecule has 2 heterocycles. The molecule has 0 unspecified atom stereocenters. The number of fused-ring (bicyclic) bond motifs is 1. The van der Waals surface area contributed by atoms with E-state index in [4.69, 9.17) is 17.3 Å². The zero-order chi connectivity index (χ0) is 15.8. The number of benzene rings is 2. The van der Waals surface area contributed by atoms with E-state index in [9.17, 15) is 0 Å². The molecular formula is C17H12ClN5. The molecule has 4 rings (SSSR count). The standard InChI is InChI=1S/C17H12ClN5/c18-12-8-6-11(7-9-12)17-20-14-10-23(13-4-2-1-3-5-13)22-15(14)16(19)21-17/h1-10H,(H2,19,20,21). The zero-order valence-electron chi connectivity index (χ0n) is 12.0. The Balaban J connectivity index is 1.86. The van der Waals surface area contributed by atoms with E-state index >= 15 is 0 Å². The fraction of sp³-hybridized carbons (Fsp3) is 0. The number of nitrogens with zero attached hydrogens (tertiary/aromatic N) is 4. The third kappa shape index (κ3) is 2.51. The van der Waals surface area contributed by atoms with Crippen LogP contribution in [0, 0.1) is 0 Å². The third-order valence-corrected chi connectivity index (χ3v) is 3.77. The summed E-state index contributed by atoms with van der Waals surface area (Å²) in [5.41, 5.74) is 9.15. The molecule has 0 aliphatic carbocycles. The highest BCUT2D eigenvalue weighted by Gasteiger charge is 2.11. The maximum absolute atomic E-state index is 6.06. The number of para-hydroxylation sites is 1. The molecule has 4 aromatic rings. The van der Waals surface area contributed by atoms with Crippen LogP contribution in [0.3, 0.4) is 0 Å². The molecule has 0 radical (unpaired) electrons. The minimum atomic E-state index is 0.356. The minimum absolute atomic E-state index is 0.356. The highest BCUT2D eigenvalue weighted by Crippen LogP contribution is 2.24. The van der Waals surface area contributed by atoms with Crippen molar-refractivity contribution in [3.8, 4) is 17.1 Å². The highest BCUT2D eigenvalue weighted by molar-refractivity contribution is 6.30. The normalized spacial score (nSPS) is 11.0. The fourth-order valence-electron chi connectivity index (χ4n) is 2.38. The van der Waals surface area contributed by atoms with Gasteiger partial charge in [0.05, 0.1) is 11.9 Å². The van der Waals surface area contributed by atoms with Gasteiger partial charge in [-0.05, 0) is 36.4 Å². The minimum Gasteiger partial charge on any atom is -0.382 e. The van der Waals surface area contributed by atoms with Gasteiger partial charge in [0, 0.05) is 10.6 Å². The number of aromatic nitrogens is 4. The number of hydrogen-bond donors (Lipinski definition) is 1. The van der Waals surface area contributed by atoms with Gasteiger partial charge in [-0.2, -0.15) is 5.10 Å². The van der Waals surface area contributed by atoms with Gasteiger partial charge in [0.25, 0.3) is 0 Å². The summed E-state index contributed by atoms with van der Waals surface area (Å²) in [5.74, 6) is 0.911. The second-order valence-corrected chi connectivity index (χ2v) is 5.52. The van der Waals surface area contributed by atoms with Crippen molar-refractivity contribution in [2.75, 3.05) is 5.73 Å². The predicted molar refractivity (Wildman–Crippen MR) is 91.5 cm³/mol. The van der Waals surface area contributed by atoms with Crippen LogP contribution in [0.1, 0.15) is 0 Å². The molecule has 5 nitrogen and oxygen atoms in total. The molecule has 0 saturated heterocycles. The van der Waals surface area contributed by atoms with Crippen molar-refractivity contribution >= 4 is 28.5 Å². The quantitative estimate of drug-likeness (QED) is 0.611. The third-order valence-electron chi connectivity index (χ3n) is 3.51. The van der Waals surface area contributed by atoms with Gasteiger partial charge in [-0.3, -0.25) is 0 Å². The smallest absolute Gasteiger partial charge is 0.162 e. The number of anilines is 1. The summed E-state index contributed by atoms with van der Waals surface area (Å²) in [6, 6.07) is 17.1. The molecule has 2 aromatic carbocycles. The van der Waals surface area contributed by atoms with E-state index < -0.39 is 0 Å². The molecule has 0 aliphatic rings. The van der Waals surface area contributed by atoms with Crippen LogP contribution in [-0.2, 0) is 0 Å². The van der Waals surface area contributed by atoms with Crippen molar-refractivity contribution in [1.82, 2.24) is 19.7 Å². The van der Waals surface area contributed by atoms with Gasteiger partial charge >= 0.3 is 0 Å². The van der Waals surface area contributed by atoms with E-state index in [0.29, 0.717) is 27.7 Å². The van der Waals surface area contributed by atoms with Crippen LogP contribution in [0.4, 0.5) is 5.82 Å². The molecule has 0 amide bonds. The number of nitrogen functional groups attached to an aromatic ring is 1. The first-order valence-corrected chi connectivity index (χ1v) is 7.43. The van der Waals surface area contributed by atoms with E-state index in [1.807, 2.05) is 48.7 Å². The van der Waals surface area contributed by atoms with Crippen LogP contribution in [0.25, 0.3) is 28.1 Å². The van der Waals surface area contributed by atoms with Gasteiger partial charge < -0.3 is 5.73 Å². The molecule has 0 atom stereocenters. The molecule has 0 saturated carbocycles. The molecule has 2 aromatic heterocycles. The molecular weight excluding hydrogens is 310 g/mol. The van der Waals surface area contributed by atoms with Gasteiger partial charge in [-0.25, -0.2) is 14.6 Å². The molecule has 0 bridgehead atoms. The van der Waals surface area contributed by atoms with Crippen molar-refractivity contribution in [2.24, 2.45) is 0 Å². The van der Waals surface area contributed by atoms with Crippen molar-refractivity contribution < 1.29 is 0 Å². The Morgan fingerprint density at radius 3 is 2.39 bits per heavy atom. The molecule has 112 valence electrons. The highest BCUT2D eigenvalue weighted by atomic mass is 35.5. The van der Waals surface area contributed by atoms with Crippen molar-refractivity contribution in [1.29, 1.82) is 0 Å². The van der Waals surface area contributed by atoms with Crippen LogP contribution in [0.2, 0.25) is 5.02 Å². The number of hydrogen-bond acceptors (Lipinski definition) is 4. The fourth-order valence-corrected chi connectivity index (χ4v) is 2.50. The van der Waals surface area contributed by atoms with Gasteiger partial charge in [0.15, 0.2) is 17.2 Å². The van der Waals surface area contributed by atoms with E-state index in [1.165, 1.54) is 0 Å². The number of halogens is 1. The Labute approximate surface area is 137 Å². The lowest BCUT2D eigenvalue weighted by atomic mass is 10.2. The van der Waals surface area contributed by atoms with Crippen molar-refractivity contribution in [3.05, 3.63) is 65.8 Å². The second-order valence-electron chi connectivity index (χ2n) is 5.08. The summed E-state index contributed by atoms with van der Waals surface area (Å²) in [4.78, 5) is 8.92. The van der Waals surface area contributed by atoms with Crippen LogP contribution in [-0.4, -0.2) is 19.7 Å². The Morgan fingerprint density at radius 1 is 0.913 bits per heavy atom. The van der Waals surface area contributed by atoms with Gasteiger partial charge in [0.2, 0.25) is 0 Å². The molecule has 0 spiro atoms. The average Bonchev–Trinajstić information content (AvgIpc) is 3.01. The first kappa shape index (κ1) is 13.7. The van der Waals surface area contributed by atoms with E-state index in [1.54, 1.807) is 16.8 Å². The largest absolute Gasteiger partial charge is 0.382 e. The van der Waals surface area contributed by atoms with Gasteiger partial charge in [0.1, 0.15) is 5.52 Å². The number of rotatable bonds is 2. The lowest BCUT2D eigenvalue weighted by molar-refractivity contribution is 0.896. The second kappa shape index (κ2) is 5.37. The maximum atomic E-state index is 6.06. The Morgan fingerprint density at radius 2 is 1.65 bits per heavy atom. The molecule has 0 fully saturated rings. The Bertz CT molecular complexity index is 977. The molecule has 23 heavy (non-hydrogen) atoms. The van der Waals surface area contributed by atoms with Crippen LogP contribution in [0.5, 0.6) is 0 Å². The van der Waals surface area contributed by atoms with Crippen molar-refractivity contribution in [2.45, 2.75) is 0 Å². The molecule has 0 aliphatic heterocycles. The maximum Gasteiger partial charge on any atom is 0.162 e. The first-order valence-electron chi connectivity index (χ1n) is 7.05. The molecule has 6 heteroatoms. The van der Waals surface area contributed by atoms with E-state index in [0.717, 1.165) is 11.3 Å². The summed E-state index contributed by atoms with van der Waals surface area (Å²) in [6.07, 6.45) is 1.85. The summed E-state index contributed by atoms with van der Waals surface area (Å²) in [6.45, 7) is 0. The SMILES string of the molecule is Nc1nc(-c2ccc(Cl)cc2)nc2cn(-c3ccccc3)nc12. The topological polar surface area (TPSA) is 69.6 Å². The van der Waals surface area contributed by atoms with Crippen LogP contribution in [0.15, 0.2) is 60.8 Å². The summed E-state index contributed by atoms with van der Waals surface area (Å²) >= 11 is 5.92. The lowest BCUT2D eigenvalue weighted by Crippen LogP contribution is -1.97. The summed E-state index contributed by atoms with van der Waals surface area (Å²) in [7, 11) is 0. The van der Waals surface area contributed by atoms with E-state index in [2.05, 4.69) is 15.1 Å². The summed E-state index contributed by atoms with van der Waals surface area (Å²) in [5, 5.41) is 5.14. The zero-order valence-corrected chi connectivity index (χ0v) is 12.8. The lowest BCUT2D eigenvalue weighted by Gasteiger charge is -2.01. The predicted octanol–water partition coefficient (Wildman–Crippen LogP) is 3.72.